The SMILES string of the molecule is CC(C)[C@H](CNC(=O)Nc1ccc2sncc2c1)c1cccnc1. The summed E-state index contributed by atoms with van der Waals surface area (Å²) in [6.45, 7) is 4.86. The Morgan fingerprint density at radius 3 is 2.88 bits per heavy atom. The Morgan fingerprint density at radius 1 is 1.25 bits per heavy atom. The largest absolute Gasteiger partial charge is 0.337 e. The second-order valence-electron chi connectivity index (χ2n) is 6.05. The molecule has 0 aliphatic heterocycles. The lowest BCUT2D eigenvalue weighted by Gasteiger charge is -2.21. The van der Waals surface area contributed by atoms with Crippen LogP contribution in [0.2, 0.25) is 0 Å². The molecule has 124 valence electrons. The van der Waals surface area contributed by atoms with Gasteiger partial charge in [-0.15, -0.1) is 0 Å². The smallest absolute Gasteiger partial charge is 0.319 e. The third kappa shape index (κ3) is 3.89. The number of hydrogen-bond acceptors (Lipinski definition) is 4. The van der Waals surface area contributed by atoms with E-state index in [1.807, 2.05) is 30.5 Å². The summed E-state index contributed by atoms with van der Waals surface area (Å²) < 4.78 is 5.25. The highest BCUT2D eigenvalue weighted by Crippen LogP contribution is 2.23. The van der Waals surface area contributed by atoms with Gasteiger partial charge in [0.1, 0.15) is 0 Å². The molecule has 2 amide bonds. The van der Waals surface area contributed by atoms with Crippen molar-refractivity contribution in [2.75, 3.05) is 11.9 Å². The highest BCUT2D eigenvalue weighted by Gasteiger charge is 2.17. The molecule has 6 heteroatoms. The predicted octanol–water partition coefficient (Wildman–Crippen LogP) is 4.25. The molecular weight excluding hydrogens is 320 g/mol. The number of fused-ring (bicyclic) bond motifs is 1. The van der Waals surface area contributed by atoms with E-state index < -0.39 is 0 Å². The summed E-state index contributed by atoms with van der Waals surface area (Å²) in [5.41, 5.74) is 1.90. The molecule has 0 bridgehead atoms. The minimum atomic E-state index is -0.202. The fourth-order valence-electron chi connectivity index (χ4n) is 2.66. The van der Waals surface area contributed by atoms with Gasteiger partial charge in [0, 0.05) is 42.1 Å². The third-order valence-corrected chi connectivity index (χ3v) is 4.79. The molecule has 0 saturated heterocycles. The quantitative estimate of drug-likeness (QED) is 0.729. The summed E-state index contributed by atoms with van der Waals surface area (Å²) >= 11 is 1.45. The zero-order chi connectivity index (χ0) is 16.9. The van der Waals surface area contributed by atoms with Crippen molar-refractivity contribution in [2.24, 2.45) is 5.92 Å². The minimum Gasteiger partial charge on any atom is -0.337 e. The monoisotopic (exact) mass is 340 g/mol. The molecule has 3 rings (SSSR count). The van der Waals surface area contributed by atoms with Gasteiger partial charge in [-0.1, -0.05) is 19.9 Å². The highest BCUT2D eigenvalue weighted by molar-refractivity contribution is 7.13. The van der Waals surface area contributed by atoms with E-state index in [2.05, 4.69) is 39.9 Å². The van der Waals surface area contributed by atoms with E-state index in [0.29, 0.717) is 12.5 Å². The Bertz CT molecular complexity index is 816. The summed E-state index contributed by atoms with van der Waals surface area (Å²) in [5.74, 6) is 0.635. The molecule has 24 heavy (non-hydrogen) atoms. The van der Waals surface area contributed by atoms with Crippen molar-refractivity contribution in [1.29, 1.82) is 0 Å². The number of aromatic nitrogens is 2. The fraction of sp³-hybridized carbons (Fsp3) is 0.278. The number of pyridine rings is 1. The van der Waals surface area contributed by atoms with E-state index in [-0.39, 0.29) is 11.9 Å². The molecule has 1 atom stereocenters. The van der Waals surface area contributed by atoms with Crippen LogP contribution in [0.3, 0.4) is 0 Å². The molecule has 0 aliphatic rings. The maximum absolute atomic E-state index is 12.2. The Labute approximate surface area is 145 Å². The third-order valence-electron chi connectivity index (χ3n) is 4.01. The zero-order valence-electron chi connectivity index (χ0n) is 13.7. The van der Waals surface area contributed by atoms with Crippen LogP contribution in [-0.2, 0) is 0 Å². The second-order valence-corrected chi connectivity index (χ2v) is 6.88. The standard InChI is InChI=1S/C18H20N4OS/c1-12(2)16(13-4-3-7-19-9-13)11-20-18(23)22-15-5-6-17-14(8-15)10-21-24-17/h3-10,12,16H,11H2,1-2H3,(H2,20,22,23)/t16-/m0/s1. The Hall–Kier alpha value is -2.47. The topological polar surface area (TPSA) is 66.9 Å². The lowest BCUT2D eigenvalue weighted by molar-refractivity contribution is 0.250. The number of urea groups is 1. The van der Waals surface area contributed by atoms with Gasteiger partial charge in [-0.25, -0.2) is 4.79 Å². The lowest BCUT2D eigenvalue weighted by Crippen LogP contribution is -2.33. The average molecular weight is 340 g/mol. The van der Waals surface area contributed by atoms with Crippen LogP contribution < -0.4 is 10.6 Å². The number of rotatable bonds is 5. The van der Waals surface area contributed by atoms with Crippen molar-refractivity contribution in [2.45, 2.75) is 19.8 Å². The number of benzene rings is 1. The number of nitrogens with zero attached hydrogens (tertiary/aromatic N) is 2. The van der Waals surface area contributed by atoms with Gasteiger partial charge in [0.15, 0.2) is 0 Å². The van der Waals surface area contributed by atoms with Crippen molar-refractivity contribution < 1.29 is 4.79 Å². The first kappa shape index (κ1) is 16.4. The molecule has 2 N–H and O–H groups in total. The Morgan fingerprint density at radius 2 is 2.12 bits per heavy atom. The van der Waals surface area contributed by atoms with E-state index >= 15 is 0 Å². The second kappa shape index (κ2) is 7.40. The van der Waals surface area contributed by atoms with E-state index in [1.165, 1.54) is 11.5 Å². The van der Waals surface area contributed by atoms with Crippen LogP contribution in [0, 0.1) is 5.92 Å². The van der Waals surface area contributed by atoms with Crippen LogP contribution in [-0.4, -0.2) is 21.9 Å². The van der Waals surface area contributed by atoms with Crippen LogP contribution in [0.25, 0.3) is 10.1 Å². The Kier molecular flexibility index (Phi) is 5.05. The van der Waals surface area contributed by atoms with Gasteiger partial charge in [-0.3, -0.25) is 4.98 Å². The van der Waals surface area contributed by atoms with Crippen molar-refractivity contribution in [3.8, 4) is 0 Å². The van der Waals surface area contributed by atoms with Crippen LogP contribution in [0.5, 0.6) is 0 Å². The number of anilines is 1. The number of carbonyl (C=O) groups excluding carboxylic acids is 1. The maximum atomic E-state index is 12.2. The van der Waals surface area contributed by atoms with Crippen LogP contribution >= 0.6 is 11.5 Å². The maximum Gasteiger partial charge on any atom is 0.319 e. The van der Waals surface area contributed by atoms with Crippen molar-refractivity contribution in [3.63, 3.8) is 0 Å². The fourth-order valence-corrected chi connectivity index (χ4v) is 3.29. The van der Waals surface area contributed by atoms with Gasteiger partial charge in [0.2, 0.25) is 0 Å². The van der Waals surface area contributed by atoms with Gasteiger partial charge in [-0.05, 0) is 47.3 Å². The van der Waals surface area contributed by atoms with Gasteiger partial charge >= 0.3 is 6.03 Å². The first-order valence-corrected chi connectivity index (χ1v) is 8.70. The predicted molar refractivity (Wildman–Crippen MR) is 98.5 cm³/mol. The molecule has 3 aromatic rings. The zero-order valence-corrected chi connectivity index (χ0v) is 14.5. The normalized spacial score (nSPS) is 12.3. The van der Waals surface area contributed by atoms with Gasteiger partial charge in [0.05, 0.1) is 4.70 Å². The van der Waals surface area contributed by atoms with Crippen LogP contribution in [0.4, 0.5) is 10.5 Å². The van der Waals surface area contributed by atoms with Crippen molar-refractivity contribution >= 4 is 33.3 Å². The number of carbonyl (C=O) groups is 1. The number of nitrogens with one attached hydrogen (secondary N) is 2. The molecule has 2 heterocycles. The summed E-state index contributed by atoms with van der Waals surface area (Å²) in [6.07, 6.45) is 5.43. The van der Waals surface area contributed by atoms with Crippen molar-refractivity contribution in [1.82, 2.24) is 14.7 Å². The molecule has 0 unspecified atom stereocenters. The molecule has 0 saturated carbocycles. The van der Waals surface area contributed by atoms with Crippen LogP contribution in [0.15, 0.2) is 48.9 Å². The van der Waals surface area contributed by atoms with Gasteiger partial charge in [0.25, 0.3) is 0 Å². The average Bonchev–Trinajstić information content (AvgIpc) is 3.03. The lowest BCUT2D eigenvalue weighted by atomic mass is 9.89. The molecule has 2 aromatic heterocycles. The Balaban J connectivity index is 1.61. The highest BCUT2D eigenvalue weighted by atomic mass is 32.1. The van der Waals surface area contributed by atoms with E-state index in [0.717, 1.165) is 21.3 Å². The molecule has 5 nitrogen and oxygen atoms in total. The first-order valence-electron chi connectivity index (χ1n) is 7.92. The summed E-state index contributed by atoms with van der Waals surface area (Å²) in [4.78, 5) is 16.4. The van der Waals surface area contributed by atoms with Crippen molar-refractivity contribution in [3.05, 3.63) is 54.5 Å². The molecule has 0 aliphatic carbocycles. The number of amides is 2. The first-order chi connectivity index (χ1) is 11.6. The minimum absolute atomic E-state index is 0.202. The summed E-state index contributed by atoms with van der Waals surface area (Å²) in [5, 5.41) is 6.88. The molecule has 1 aromatic carbocycles. The van der Waals surface area contributed by atoms with Gasteiger partial charge in [-0.2, -0.15) is 4.37 Å². The van der Waals surface area contributed by atoms with E-state index in [1.54, 1.807) is 12.4 Å². The molecule has 0 spiro atoms. The van der Waals surface area contributed by atoms with Gasteiger partial charge < -0.3 is 10.6 Å². The van der Waals surface area contributed by atoms with Crippen LogP contribution in [0.1, 0.15) is 25.3 Å². The molecular formula is C18H20N4OS. The molecule has 0 radical (unpaired) electrons. The summed E-state index contributed by atoms with van der Waals surface area (Å²) in [7, 11) is 0. The van der Waals surface area contributed by atoms with E-state index in [9.17, 15) is 4.79 Å². The summed E-state index contributed by atoms with van der Waals surface area (Å²) in [6, 6.07) is 9.56. The molecule has 0 fully saturated rings. The van der Waals surface area contributed by atoms with E-state index in [4.69, 9.17) is 0 Å². The number of hydrogen-bond donors (Lipinski definition) is 2.